The lowest BCUT2D eigenvalue weighted by Gasteiger charge is -2.24. The van der Waals surface area contributed by atoms with Gasteiger partial charge in [-0.2, -0.15) is 4.31 Å². The summed E-state index contributed by atoms with van der Waals surface area (Å²) in [5, 5.41) is 9.16. The summed E-state index contributed by atoms with van der Waals surface area (Å²) in [6, 6.07) is 3.68. The first-order chi connectivity index (χ1) is 9.25. The molecule has 0 spiro atoms. The molecular weight excluding hydrogens is 280 g/mol. The molecular formula is C13H18N2O4S. The Kier molecular flexibility index (Phi) is 3.75. The van der Waals surface area contributed by atoms with Gasteiger partial charge in [-0.1, -0.05) is 0 Å². The summed E-state index contributed by atoms with van der Waals surface area (Å²) in [4.78, 5) is 11.0. The van der Waals surface area contributed by atoms with E-state index in [1.165, 1.54) is 29.6 Å². The van der Waals surface area contributed by atoms with Gasteiger partial charge in [-0.05, 0) is 43.9 Å². The predicted octanol–water partition coefficient (Wildman–Crippen LogP) is 1.39. The van der Waals surface area contributed by atoms with Crippen molar-refractivity contribution >= 4 is 21.7 Å². The first-order valence-corrected chi connectivity index (χ1v) is 7.80. The average molecular weight is 298 g/mol. The van der Waals surface area contributed by atoms with Crippen molar-refractivity contribution in [2.24, 2.45) is 5.92 Å². The second-order valence-electron chi connectivity index (χ2n) is 5.16. The number of sulfonamides is 1. The van der Waals surface area contributed by atoms with Gasteiger partial charge in [-0.15, -0.1) is 0 Å². The molecule has 1 unspecified atom stereocenters. The number of carboxylic acids is 1. The minimum Gasteiger partial charge on any atom is -0.478 e. The maximum Gasteiger partial charge on any atom is 0.337 e. The van der Waals surface area contributed by atoms with Crippen molar-refractivity contribution in [2.45, 2.75) is 30.7 Å². The number of benzene rings is 1. The molecule has 1 aromatic carbocycles. The van der Waals surface area contributed by atoms with Crippen molar-refractivity contribution < 1.29 is 18.3 Å². The highest BCUT2D eigenvalue weighted by atomic mass is 32.2. The third kappa shape index (κ3) is 2.64. The van der Waals surface area contributed by atoms with Crippen molar-refractivity contribution in [3.8, 4) is 0 Å². The molecule has 6 nitrogen and oxygen atoms in total. The second kappa shape index (κ2) is 5.06. The van der Waals surface area contributed by atoms with Crippen molar-refractivity contribution in [1.82, 2.24) is 4.31 Å². The standard InChI is InChI=1S/C13H18N2O4S/c1-8(9-3-4-9)15(2)20(18,19)12-6-5-10(14)7-11(12)13(16)17/h5-9H,3-4,14H2,1-2H3,(H,16,17). The molecule has 20 heavy (non-hydrogen) atoms. The van der Waals surface area contributed by atoms with E-state index in [9.17, 15) is 13.2 Å². The fourth-order valence-corrected chi connectivity index (χ4v) is 3.77. The minimum atomic E-state index is -3.84. The lowest BCUT2D eigenvalue weighted by Crippen LogP contribution is -2.37. The van der Waals surface area contributed by atoms with Gasteiger partial charge in [-0.3, -0.25) is 0 Å². The molecule has 3 N–H and O–H groups in total. The summed E-state index contributed by atoms with van der Waals surface area (Å²) >= 11 is 0. The highest BCUT2D eigenvalue weighted by Crippen LogP contribution is 2.36. The topological polar surface area (TPSA) is 101 Å². The maximum absolute atomic E-state index is 12.6. The van der Waals surface area contributed by atoms with Gasteiger partial charge >= 0.3 is 5.97 Å². The van der Waals surface area contributed by atoms with Crippen molar-refractivity contribution in [3.63, 3.8) is 0 Å². The summed E-state index contributed by atoms with van der Waals surface area (Å²) in [7, 11) is -2.35. The molecule has 0 radical (unpaired) electrons. The number of hydrogen-bond acceptors (Lipinski definition) is 4. The summed E-state index contributed by atoms with van der Waals surface area (Å²) in [6.45, 7) is 1.84. The van der Waals surface area contributed by atoms with Crippen LogP contribution in [0.5, 0.6) is 0 Å². The summed E-state index contributed by atoms with van der Waals surface area (Å²) in [6.07, 6.45) is 2.02. The van der Waals surface area contributed by atoms with Crippen molar-refractivity contribution in [3.05, 3.63) is 23.8 Å². The molecule has 0 saturated heterocycles. The Morgan fingerprint density at radius 1 is 1.45 bits per heavy atom. The highest BCUT2D eigenvalue weighted by molar-refractivity contribution is 7.89. The van der Waals surface area contributed by atoms with Crippen LogP contribution in [0.2, 0.25) is 0 Å². The number of nitrogen functional groups attached to an aromatic ring is 1. The number of carboxylic acid groups (broad SMARTS) is 1. The quantitative estimate of drug-likeness (QED) is 0.800. The fraction of sp³-hybridized carbons (Fsp3) is 0.462. The fourth-order valence-electron chi connectivity index (χ4n) is 2.19. The van der Waals surface area contributed by atoms with Gasteiger partial charge in [0.05, 0.1) is 10.5 Å². The normalized spacial score (nSPS) is 17.1. The molecule has 110 valence electrons. The first kappa shape index (κ1) is 14.8. The van der Waals surface area contributed by atoms with Gasteiger partial charge in [0.2, 0.25) is 10.0 Å². The van der Waals surface area contributed by atoms with Gasteiger partial charge in [-0.25, -0.2) is 13.2 Å². The van der Waals surface area contributed by atoms with E-state index in [1.807, 2.05) is 6.92 Å². The van der Waals surface area contributed by atoms with Gasteiger partial charge in [0.1, 0.15) is 0 Å². The Morgan fingerprint density at radius 3 is 2.55 bits per heavy atom. The molecule has 1 aliphatic carbocycles. The van der Waals surface area contributed by atoms with Gasteiger partial charge in [0.25, 0.3) is 0 Å². The summed E-state index contributed by atoms with van der Waals surface area (Å²) in [5.74, 6) is -0.944. The average Bonchev–Trinajstić information content (AvgIpc) is 3.20. The first-order valence-electron chi connectivity index (χ1n) is 6.36. The van der Waals surface area contributed by atoms with Gasteiger partial charge in [0, 0.05) is 18.8 Å². The molecule has 1 aliphatic rings. The van der Waals surface area contributed by atoms with Gasteiger partial charge < -0.3 is 10.8 Å². The van der Waals surface area contributed by atoms with E-state index < -0.39 is 16.0 Å². The number of carbonyl (C=O) groups is 1. The van der Waals surface area contributed by atoms with E-state index in [4.69, 9.17) is 10.8 Å². The molecule has 0 aromatic heterocycles. The Hall–Kier alpha value is -1.60. The van der Waals surface area contributed by atoms with Crippen LogP contribution < -0.4 is 5.73 Å². The molecule has 1 fully saturated rings. The molecule has 7 heteroatoms. The van der Waals surface area contributed by atoms with E-state index >= 15 is 0 Å². The summed E-state index contributed by atoms with van der Waals surface area (Å²) in [5.41, 5.74) is 5.46. The number of rotatable bonds is 5. The zero-order valence-electron chi connectivity index (χ0n) is 11.4. The zero-order chi connectivity index (χ0) is 15.1. The van der Waals surface area contributed by atoms with Crippen molar-refractivity contribution in [2.75, 3.05) is 12.8 Å². The number of hydrogen-bond donors (Lipinski definition) is 2. The van der Waals surface area contributed by atoms with Crippen LogP contribution in [0.1, 0.15) is 30.1 Å². The number of anilines is 1. The largest absolute Gasteiger partial charge is 0.478 e. The van der Waals surface area contributed by atoms with Crippen LogP contribution in [-0.4, -0.2) is 36.9 Å². The van der Waals surface area contributed by atoms with Crippen LogP contribution in [0.15, 0.2) is 23.1 Å². The lowest BCUT2D eigenvalue weighted by atomic mass is 10.2. The predicted molar refractivity (Wildman–Crippen MR) is 74.9 cm³/mol. The van der Waals surface area contributed by atoms with Crippen LogP contribution in [0.3, 0.4) is 0 Å². The third-order valence-corrected chi connectivity index (χ3v) is 5.77. The Balaban J connectivity index is 2.45. The van der Waals surface area contributed by atoms with Crippen molar-refractivity contribution in [1.29, 1.82) is 0 Å². The Morgan fingerprint density at radius 2 is 2.05 bits per heavy atom. The van der Waals surface area contributed by atoms with Crippen LogP contribution in [0.25, 0.3) is 0 Å². The molecule has 0 heterocycles. The lowest BCUT2D eigenvalue weighted by molar-refractivity contribution is 0.0692. The zero-order valence-corrected chi connectivity index (χ0v) is 12.2. The molecule has 0 bridgehead atoms. The maximum atomic E-state index is 12.6. The van der Waals surface area contributed by atoms with Gasteiger partial charge in [0.15, 0.2) is 0 Å². The SMILES string of the molecule is CC(C1CC1)N(C)S(=O)(=O)c1ccc(N)cc1C(=O)O. The number of aromatic carboxylic acids is 1. The van der Waals surface area contributed by atoms with Crippen LogP contribution in [0.4, 0.5) is 5.69 Å². The highest BCUT2D eigenvalue weighted by Gasteiger charge is 2.37. The van der Waals surface area contributed by atoms with Crippen LogP contribution in [0, 0.1) is 5.92 Å². The smallest absolute Gasteiger partial charge is 0.337 e. The van der Waals surface area contributed by atoms with Crippen LogP contribution in [-0.2, 0) is 10.0 Å². The molecule has 0 aliphatic heterocycles. The number of nitrogens with zero attached hydrogens (tertiary/aromatic N) is 1. The summed E-state index contributed by atoms with van der Waals surface area (Å²) < 4.78 is 26.4. The minimum absolute atomic E-state index is 0.140. The van der Waals surface area contributed by atoms with E-state index in [-0.39, 0.29) is 22.2 Å². The second-order valence-corrected chi connectivity index (χ2v) is 7.13. The molecule has 1 saturated carbocycles. The third-order valence-electron chi connectivity index (χ3n) is 3.77. The molecule has 0 amide bonds. The molecule has 2 rings (SSSR count). The molecule has 1 atom stereocenters. The molecule has 1 aromatic rings. The van der Waals surface area contributed by atoms with E-state index in [2.05, 4.69) is 0 Å². The van der Waals surface area contributed by atoms with E-state index in [0.29, 0.717) is 5.92 Å². The monoisotopic (exact) mass is 298 g/mol. The van der Waals surface area contributed by atoms with E-state index in [1.54, 1.807) is 0 Å². The number of nitrogens with two attached hydrogens (primary N) is 1. The Bertz CT molecular complexity index is 638. The Labute approximate surface area is 118 Å². The van der Waals surface area contributed by atoms with E-state index in [0.717, 1.165) is 12.8 Å². The van der Waals surface area contributed by atoms with Crippen LogP contribution >= 0.6 is 0 Å².